The van der Waals surface area contributed by atoms with Crippen LogP contribution in [0.4, 0.5) is 10.5 Å². The second kappa shape index (κ2) is 11.3. The molecule has 1 fully saturated rings. The van der Waals surface area contributed by atoms with Crippen LogP contribution in [0.15, 0.2) is 70.0 Å². The molecular formula is C26H18BrN3O6S. The van der Waals surface area contributed by atoms with E-state index in [-0.39, 0.29) is 23.7 Å². The molecule has 1 heterocycles. The molecule has 1 aliphatic heterocycles. The van der Waals surface area contributed by atoms with Gasteiger partial charge in [-0.3, -0.25) is 24.6 Å². The number of halogens is 1. The summed E-state index contributed by atoms with van der Waals surface area (Å²) >= 11 is 4.30. The standard InChI is InChI=1S/C26H18BrN3O6S/c1-35-22-10-19(21(27)12-23(22)36-15-16-6-8-20(9-7-16)30(33)34)11-24-25(31)29(26(32)37-24)14-18-5-3-2-4-17(18)13-28/h2-12H,14-15H2,1H3/b24-11+. The van der Waals surface area contributed by atoms with E-state index in [1.54, 1.807) is 54.6 Å². The van der Waals surface area contributed by atoms with Crippen LogP contribution in [-0.4, -0.2) is 28.1 Å². The topological polar surface area (TPSA) is 123 Å². The maximum absolute atomic E-state index is 13.0. The van der Waals surface area contributed by atoms with E-state index < -0.39 is 16.1 Å². The normalized spacial score (nSPS) is 14.1. The summed E-state index contributed by atoms with van der Waals surface area (Å²) in [5.41, 5.74) is 2.32. The molecule has 0 N–H and O–H groups in total. The summed E-state index contributed by atoms with van der Waals surface area (Å²) in [7, 11) is 1.48. The monoisotopic (exact) mass is 579 g/mol. The maximum atomic E-state index is 13.0. The predicted octanol–water partition coefficient (Wildman–Crippen LogP) is 6.05. The summed E-state index contributed by atoms with van der Waals surface area (Å²) in [5.74, 6) is 0.372. The first-order valence-electron chi connectivity index (χ1n) is 10.8. The molecule has 0 aromatic heterocycles. The van der Waals surface area contributed by atoms with E-state index in [0.717, 1.165) is 22.2 Å². The number of nitro benzene ring substituents is 1. The van der Waals surface area contributed by atoms with Crippen LogP contribution in [0.2, 0.25) is 0 Å². The Morgan fingerprint density at radius 1 is 1.14 bits per heavy atom. The third kappa shape index (κ3) is 5.82. The molecule has 186 valence electrons. The number of carbonyl (C=O) groups excluding carboxylic acids is 2. The SMILES string of the molecule is COc1cc(/C=C2/SC(=O)N(Cc3ccccc3C#N)C2=O)c(Br)cc1OCc1ccc([N+](=O)[O-])cc1. The third-order valence-electron chi connectivity index (χ3n) is 5.45. The van der Waals surface area contributed by atoms with Crippen molar-refractivity contribution in [2.24, 2.45) is 0 Å². The van der Waals surface area contributed by atoms with Gasteiger partial charge < -0.3 is 9.47 Å². The molecule has 0 saturated carbocycles. The number of imide groups is 1. The van der Waals surface area contributed by atoms with Gasteiger partial charge in [0, 0.05) is 16.6 Å². The second-order valence-electron chi connectivity index (χ2n) is 7.77. The molecule has 1 aliphatic rings. The Morgan fingerprint density at radius 2 is 1.86 bits per heavy atom. The molecule has 37 heavy (non-hydrogen) atoms. The van der Waals surface area contributed by atoms with Gasteiger partial charge in [0.15, 0.2) is 11.5 Å². The lowest BCUT2D eigenvalue weighted by Crippen LogP contribution is -2.27. The number of thioether (sulfide) groups is 1. The van der Waals surface area contributed by atoms with Gasteiger partial charge in [-0.15, -0.1) is 0 Å². The van der Waals surface area contributed by atoms with Gasteiger partial charge in [0.2, 0.25) is 0 Å². The van der Waals surface area contributed by atoms with Crippen LogP contribution in [0, 0.1) is 21.4 Å². The van der Waals surface area contributed by atoms with E-state index in [1.807, 2.05) is 0 Å². The summed E-state index contributed by atoms with van der Waals surface area (Å²) in [6.07, 6.45) is 1.59. The lowest BCUT2D eigenvalue weighted by molar-refractivity contribution is -0.384. The van der Waals surface area contributed by atoms with E-state index in [0.29, 0.717) is 32.7 Å². The van der Waals surface area contributed by atoms with E-state index in [4.69, 9.17) is 9.47 Å². The number of methoxy groups -OCH3 is 1. The highest BCUT2D eigenvalue weighted by molar-refractivity contribution is 9.10. The molecule has 1 saturated heterocycles. The average Bonchev–Trinajstić information content (AvgIpc) is 3.16. The van der Waals surface area contributed by atoms with Gasteiger partial charge in [-0.1, -0.05) is 34.1 Å². The molecule has 4 rings (SSSR count). The first-order chi connectivity index (χ1) is 17.8. The fourth-order valence-corrected chi connectivity index (χ4v) is 4.79. The van der Waals surface area contributed by atoms with E-state index in [2.05, 4.69) is 22.0 Å². The lowest BCUT2D eigenvalue weighted by atomic mass is 10.1. The molecule has 3 aromatic rings. The number of carbonyl (C=O) groups is 2. The minimum Gasteiger partial charge on any atom is -0.493 e. The fourth-order valence-electron chi connectivity index (χ4n) is 3.52. The van der Waals surface area contributed by atoms with Crippen molar-refractivity contribution in [2.75, 3.05) is 7.11 Å². The van der Waals surface area contributed by atoms with E-state index in [1.165, 1.54) is 19.2 Å². The number of nitriles is 1. The molecule has 0 bridgehead atoms. The fraction of sp³-hybridized carbons (Fsp3) is 0.115. The predicted molar refractivity (Wildman–Crippen MR) is 141 cm³/mol. The van der Waals surface area contributed by atoms with E-state index >= 15 is 0 Å². The molecule has 3 aromatic carbocycles. The zero-order valence-electron chi connectivity index (χ0n) is 19.3. The Bertz CT molecular complexity index is 1470. The van der Waals surface area contributed by atoms with Gasteiger partial charge in [-0.05, 0) is 64.9 Å². The Morgan fingerprint density at radius 3 is 2.54 bits per heavy atom. The molecule has 0 atom stereocenters. The minimum absolute atomic E-state index is 0.00561. The molecule has 2 amide bonds. The average molecular weight is 580 g/mol. The van der Waals surface area contributed by atoms with Crippen LogP contribution < -0.4 is 9.47 Å². The summed E-state index contributed by atoms with van der Waals surface area (Å²) in [4.78, 5) is 37.3. The number of nitro groups is 1. The van der Waals surface area contributed by atoms with Crippen LogP contribution in [0.25, 0.3) is 6.08 Å². The highest BCUT2D eigenvalue weighted by Gasteiger charge is 2.35. The first-order valence-corrected chi connectivity index (χ1v) is 12.4. The zero-order chi connectivity index (χ0) is 26.5. The van der Waals surface area contributed by atoms with Gasteiger partial charge in [-0.2, -0.15) is 5.26 Å². The van der Waals surface area contributed by atoms with Crippen molar-refractivity contribution in [3.8, 4) is 17.6 Å². The van der Waals surface area contributed by atoms with Crippen LogP contribution in [0.5, 0.6) is 11.5 Å². The van der Waals surface area contributed by atoms with Crippen molar-refractivity contribution in [3.05, 3.63) is 102 Å². The van der Waals surface area contributed by atoms with Gasteiger partial charge in [0.05, 0.1) is 35.1 Å². The molecule has 0 spiro atoms. The van der Waals surface area contributed by atoms with Crippen LogP contribution in [0.3, 0.4) is 0 Å². The number of hydrogen-bond acceptors (Lipinski definition) is 8. The number of non-ortho nitro benzene ring substituents is 1. The van der Waals surface area contributed by atoms with Crippen molar-refractivity contribution in [1.29, 1.82) is 5.26 Å². The number of amides is 2. The third-order valence-corrected chi connectivity index (χ3v) is 7.05. The Balaban J connectivity index is 1.52. The number of nitrogens with zero attached hydrogens (tertiary/aromatic N) is 3. The van der Waals surface area contributed by atoms with Crippen molar-refractivity contribution in [3.63, 3.8) is 0 Å². The minimum atomic E-state index is -0.469. The largest absolute Gasteiger partial charge is 0.493 e. The number of benzene rings is 3. The van der Waals surface area contributed by atoms with Gasteiger partial charge in [-0.25, -0.2) is 0 Å². The van der Waals surface area contributed by atoms with Crippen molar-refractivity contribution < 1.29 is 24.0 Å². The molecule has 0 radical (unpaired) electrons. The summed E-state index contributed by atoms with van der Waals surface area (Å²) in [6, 6.07) is 18.3. The Labute approximate surface area is 224 Å². The van der Waals surface area contributed by atoms with Crippen molar-refractivity contribution >= 4 is 50.6 Å². The van der Waals surface area contributed by atoms with Gasteiger partial charge >= 0.3 is 0 Å². The Kier molecular flexibility index (Phi) is 7.91. The number of hydrogen-bond donors (Lipinski definition) is 0. The smallest absolute Gasteiger partial charge is 0.293 e. The molecule has 11 heteroatoms. The van der Waals surface area contributed by atoms with Crippen LogP contribution in [-0.2, 0) is 17.9 Å². The highest BCUT2D eigenvalue weighted by Crippen LogP contribution is 2.38. The van der Waals surface area contributed by atoms with Crippen LogP contribution in [0.1, 0.15) is 22.3 Å². The summed E-state index contributed by atoms with van der Waals surface area (Å²) in [5, 5.41) is 19.7. The number of rotatable bonds is 8. The van der Waals surface area contributed by atoms with Crippen molar-refractivity contribution in [1.82, 2.24) is 4.90 Å². The van der Waals surface area contributed by atoms with Gasteiger partial charge in [0.1, 0.15) is 6.61 Å². The molecule has 9 nitrogen and oxygen atoms in total. The lowest BCUT2D eigenvalue weighted by Gasteiger charge is -2.14. The second-order valence-corrected chi connectivity index (χ2v) is 9.62. The molecule has 0 aliphatic carbocycles. The van der Waals surface area contributed by atoms with Crippen LogP contribution >= 0.6 is 27.7 Å². The summed E-state index contributed by atoms with van der Waals surface area (Å²) < 4.78 is 11.9. The zero-order valence-corrected chi connectivity index (χ0v) is 21.7. The molecule has 0 unspecified atom stereocenters. The first kappa shape index (κ1) is 25.9. The number of ether oxygens (including phenoxy) is 2. The highest BCUT2D eigenvalue weighted by atomic mass is 79.9. The van der Waals surface area contributed by atoms with E-state index in [9.17, 15) is 25.0 Å². The Hall–Kier alpha value is -4.14. The quantitative estimate of drug-likeness (QED) is 0.179. The van der Waals surface area contributed by atoms with Crippen molar-refractivity contribution in [2.45, 2.75) is 13.2 Å². The summed E-state index contributed by atoms with van der Waals surface area (Å²) in [6.45, 7) is 0.162. The molecular weight excluding hydrogens is 562 g/mol. The van der Waals surface area contributed by atoms with Gasteiger partial charge in [0.25, 0.3) is 16.8 Å². The maximum Gasteiger partial charge on any atom is 0.293 e.